The van der Waals surface area contributed by atoms with Crippen LogP contribution in [0.25, 0.3) is 0 Å². The molecular formula is C22H48N2. The lowest BCUT2D eigenvalue weighted by Crippen LogP contribution is -1.87. The van der Waals surface area contributed by atoms with E-state index in [1.54, 1.807) is 0 Å². The molecular weight excluding hydrogens is 292 g/mol. The summed E-state index contributed by atoms with van der Waals surface area (Å²) in [5.74, 6) is 0.898. The molecule has 0 rings (SSSR count). The third-order valence-corrected chi connectivity index (χ3v) is 2.91. The van der Waals surface area contributed by atoms with Gasteiger partial charge in [-0.15, -0.1) is 0 Å². The lowest BCUT2D eigenvalue weighted by molar-refractivity contribution is 0.576. The molecule has 0 saturated carbocycles. The van der Waals surface area contributed by atoms with Gasteiger partial charge in [0.1, 0.15) is 0 Å². The smallest absolute Gasteiger partial charge is 0.0330 e. The Balaban J connectivity index is -0.000000151. The number of allylic oxidation sites excluding steroid dienone is 4. The van der Waals surface area contributed by atoms with E-state index in [0.717, 1.165) is 24.6 Å². The molecule has 0 heterocycles. The molecule has 0 aliphatic carbocycles. The second-order valence-electron chi connectivity index (χ2n) is 5.75. The number of unbranched alkanes of at least 4 members (excludes halogenated alkanes) is 1. The molecule has 0 radical (unpaired) electrons. The number of nitrogens with zero attached hydrogens (tertiary/aromatic N) is 1. The van der Waals surface area contributed by atoms with Crippen molar-refractivity contribution in [3.8, 4) is 0 Å². The predicted molar refractivity (Wildman–Crippen MR) is 117 cm³/mol. The number of rotatable bonds is 7. The van der Waals surface area contributed by atoms with E-state index in [4.69, 9.17) is 5.73 Å². The van der Waals surface area contributed by atoms with Crippen LogP contribution in [0.5, 0.6) is 0 Å². The van der Waals surface area contributed by atoms with Crippen molar-refractivity contribution in [2.24, 2.45) is 16.6 Å². The van der Waals surface area contributed by atoms with E-state index >= 15 is 0 Å². The summed E-state index contributed by atoms with van der Waals surface area (Å²) in [6, 6.07) is 0. The molecule has 0 aliphatic heterocycles. The van der Waals surface area contributed by atoms with Crippen LogP contribution >= 0.6 is 0 Å². The molecule has 0 aliphatic rings. The molecule has 0 unspecified atom stereocenters. The van der Waals surface area contributed by atoms with Crippen LogP contribution < -0.4 is 5.73 Å². The quantitative estimate of drug-likeness (QED) is 0.477. The first-order valence-electron chi connectivity index (χ1n) is 9.95. The molecule has 146 valence electrons. The Kier molecular flexibility index (Phi) is 38.7. The zero-order valence-electron chi connectivity index (χ0n) is 18.6. The zero-order valence-corrected chi connectivity index (χ0v) is 18.6. The van der Waals surface area contributed by atoms with E-state index in [1.807, 2.05) is 46.9 Å². The second kappa shape index (κ2) is 30.0. The van der Waals surface area contributed by atoms with Gasteiger partial charge in [-0.3, -0.25) is 4.99 Å². The molecule has 0 atom stereocenters. The van der Waals surface area contributed by atoms with Crippen molar-refractivity contribution < 1.29 is 0 Å². The van der Waals surface area contributed by atoms with Gasteiger partial charge in [0.25, 0.3) is 0 Å². The van der Waals surface area contributed by atoms with E-state index in [1.165, 1.54) is 31.3 Å². The molecule has 0 saturated heterocycles. The SMILES string of the molecule is CC.CCCC(C)C.CCN.C\C=C(/C=N/C(C)=C/C)CCCC. The molecule has 2 N–H and O–H groups in total. The molecule has 24 heavy (non-hydrogen) atoms. The summed E-state index contributed by atoms with van der Waals surface area (Å²) in [6.07, 6.45) is 12.5. The van der Waals surface area contributed by atoms with Crippen LogP contribution in [0.3, 0.4) is 0 Å². The fourth-order valence-corrected chi connectivity index (χ4v) is 1.50. The Morgan fingerprint density at radius 1 is 1.00 bits per heavy atom. The molecule has 2 heteroatoms. The Hall–Kier alpha value is -0.890. The third kappa shape index (κ3) is 37.4. The van der Waals surface area contributed by atoms with Crippen molar-refractivity contribution in [3.05, 3.63) is 23.4 Å². The predicted octanol–water partition coefficient (Wildman–Crippen LogP) is 7.55. The summed E-state index contributed by atoms with van der Waals surface area (Å²) >= 11 is 0. The third-order valence-electron chi connectivity index (χ3n) is 2.91. The lowest BCUT2D eigenvalue weighted by atomic mass is 10.1. The summed E-state index contributed by atoms with van der Waals surface area (Å²) in [4.78, 5) is 4.33. The highest BCUT2D eigenvalue weighted by molar-refractivity contribution is 5.79. The Morgan fingerprint density at radius 3 is 1.75 bits per heavy atom. The summed E-state index contributed by atoms with van der Waals surface area (Å²) in [6.45, 7) is 21.7. The number of nitrogens with two attached hydrogens (primary N) is 1. The first-order chi connectivity index (χ1) is 11.4. The Labute approximate surface area is 154 Å². The van der Waals surface area contributed by atoms with Crippen molar-refractivity contribution in [1.29, 1.82) is 0 Å². The topological polar surface area (TPSA) is 38.4 Å². The van der Waals surface area contributed by atoms with Crippen LogP contribution in [0.15, 0.2) is 28.4 Å². The van der Waals surface area contributed by atoms with E-state index in [-0.39, 0.29) is 0 Å². The zero-order chi connectivity index (χ0) is 19.8. The fourth-order valence-electron chi connectivity index (χ4n) is 1.50. The van der Waals surface area contributed by atoms with Gasteiger partial charge in [-0.25, -0.2) is 0 Å². The largest absolute Gasteiger partial charge is 0.331 e. The van der Waals surface area contributed by atoms with Gasteiger partial charge in [-0.1, -0.05) is 79.9 Å². The van der Waals surface area contributed by atoms with E-state index in [9.17, 15) is 0 Å². The highest BCUT2D eigenvalue weighted by Gasteiger charge is 1.90. The van der Waals surface area contributed by atoms with Crippen molar-refractivity contribution >= 4 is 6.21 Å². The van der Waals surface area contributed by atoms with E-state index in [0.29, 0.717) is 0 Å². The normalized spacial score (nSPS) is 11.2. The van der Waals surface area contributed by atoms with Crippen LogP contribution in [0.1, 0.15) is 101 Å². The summed E-state index contributed by atoms with van der Waals surface area (Å²) < 4.78 is 0. The molecule has 2 nitrogen and oxygen atoms in total. The van der Waals surface area contributed by atoms with Crippen LogP contribution in [0, 0.1) is 5.92 Å². The highest BCUT2D eigenvalue weighted by Crippen LogP contribution is 2.05. The molecule has 0 aromatic carbocycles. The lowest BCUT2D eigenvalue weighted by Gasteiger charge is -1.98. The van der Waals surface area contributed by atoms with Crippen molar-refractivity contribution in [1.82, 2.24) is 0 Å². The standard InChI is InChI=1S/C12H21N.C6H14.C2H7N.C2H6/c1-5-8-9-12(7-3)10-13-11(4)6-2;1-4-5-6(2)3;1-2-3;1-2/h6-7,10H,5,8-9H2,1-4H3;6H,4-5H2,1-3H3;2-3H2,1H3;1-2H3/b11-6+,12-7-,13-10+;;;. The Morgan fingerprint density at radius 2 is 1.50 bits per heavy atom. The number of hydrogen-bond acceptors (Lipinski definition) is 2. The van der Waals surface area contributed by atoms with Crippen molar-refractivity contribution in [3.63, 3.8) is 0 Å². The van der Waals surface area contributed by atoms with Crippen molar-refractivity contribution in [2.45, 2.75) is 101 Å². The van der Waals surface area contributed by atoms with Gasteiger partial charge in [0.2, 0.25) is 0 Å². The van der Waals surface area contributed by atoms with Gasteiger partial charge in [0.05, 0.1) is 0 Å². The minimum Gasteiger partial charge on any atom is -0.331 e. The van der Waals surface area contributed by atoms with Gasteiger partial charge in [0.15, 0.2) is 0 Å². The highest BCUT2D eigenvalue weighted by atomic mass is 14.7. The average Bonchev–Trinajstić information content (AvgIpc) is 2.57. The van der Waals surface area contributed by atoms with E-state index < -0.39 is 0 Å². The molecule has 0 amide bonds. The van der Waals surface area contributed by atoms with Crippen LogP contribution in [-0.2, 0) is 0 Å². The number of aliphatic imine (C=N–C) groups is 1. The summed E-state index contributed by atoms with van der Waals surface area (Å²) in [5, 5.41) is 0. The van der Waals surface area contributed by atoms with Gasteiger partial charge < -0.3 is 5.73 Å². The second-order valence-corrected chi connectivity index (χ2v) is 5.75. The van der Waals surface area contributed by atoms with Gasteiger partial charge in [-0.2, -0.15) is 0 Å². The van der Waals surface area contributed by atoms with Gasteiger partial charge >= 0.3 is 0 Å². The van der Waals surface area contributed by atoms with Crippen LogP contribution in [-0.4, -0.2) is 12.8 Å². The average molecular weight is 341 g/mol. The van der Waals surface area contributed by atoms with Gasteiger partial charge in [-0.05, 0) is 51.6 Å². The number of hydrogen-bond donors (Lipinski definition) is 1. The van der Waals surface area contributed by atoms with Crippen LogP contribution in [0.4, 0.5) is 0 Å². The molecule has 0 bridgehead atoms. The summed E-state index contributed by atoms with van der Waals surface area (Å²) in [7, 11) is 0. The first kappa shape index (κ1) is 30.9. The molecule has 0 spiro atoms. The van der Waals surface area contributed by atoms with Crippen LogP contribution in [0.2, 0.25) is 0 Å². The minimum absolute atomic E-state index is 0.750. The maximum atomic E-state index is 4.85. The molecule has 0 aromatic rings. The maximum Gasteiger partial charge on any atom is 0.0330 e. The first-order valence-corrected chi connectivity index (χ1v) is 9.95. The minimum atomic E-state index is 0.750. The van der Waals surface area contributed by atoms with Crippen molar-refractivity contribution in [2.75, 3.05) is 6.54 Å². The molecule has 0 aromatic heterocycles. The molecule has 0 fully saturated rings. The summed E-state index contributed by atoms with van der Waals surface area (Å²) in [5.41, 5.74) is 7.26. The Bertz CT molecular complexity index is 286. The van der Waals surface area contributed by atoms with Gasteiger partial charge in [0, 0.05) is 11.9 Å². The maximum absolute atomic E-state index is 4.85. The monoisotopic (exact) mass is 340 g/mol. The van der Waals surface area contributed by atoms with E-state index in [2.05, 4.69) is 45.7 Å². The fraction of sp³-hybridized carbons (Fsp3) is 0.773.